The topological polar surface area (TPSA) is 58.2 Å². The molecule has 0 bridgehead atoms. The van der Waals surface area contributed by atoms with Gasteiger partial charge in [-0.3, -0.25) is 4.79 Å². The lowest BCUT2D eigenvalue weighted by atomic mass is 10.1. The van der Waals surface area contributed by atoms with Crippen LogP contribution in [0.5, 0.6) is 5.75 Å². The minimum atomic E-state index is -2.89. The van der Waals surface area contributed by atoms with Crippen LogP contribution in [-0.2, 0) is 6.54 Å². The van der Waals surface area contributed by atoms with Crippen LogP contribution < -0.4 is 15.2 Å². The zero-order valence-corrected chi connectivity index (χ0v) is 16.3. The van der Waals surface area contributed by atoms with Crippen LogP contribution in [0.25, 0.3) is 10.8 Å². The van der Waals surface area contributed by atoms with Gasteiger partial charge in [-0.05, 0) is 48.0 Å². The summed E-state index contributed by atoms with van der Waals surface area (Å²) in [5, 5.41) is 7.32. The fraction of sp³-hybridized carbons (Fsp3) is 0.0909. The molecule has 8 heteroatoms. The van der Waals surface area contributed by atoms with Crippen molar-refractivity contribution in [3.63, 3.8) is 0 Å². The fourth-order valence-corrected chi connectivity index (χ4v) is 3.43. The third kappa shape index (κ3) is 4.26. The lowest BCUT2D eigenvalue weighted by molar-refractivity contribution is -0.0498. The van der Waals surface area contributed by atoms with Gasteiger partial charge in [0.15, 0.2) is 5.15 Å². The van der Waals surface area contributed by atoms with Gasteiger partial charge in [-0.2, -0.15) is 13.9 Å². The van der Waals surface area contributed by atoms with Crippen LogP contribution in [0.15, 0.2) is 77.6 Å². The number of fused-ring (bicyclic) bond motifs is 1. The largest absolute Gasteiger partial charge is 0.435 e. The number of aromatic nitrogens is 2. The van der Waals surface area contributed by atoms with Crippen LogP contribution in [0.4, 0.5) is 20.2 Å². The SMILES string of the molecule is O=c1[nH]nc(Cl)c2cc(N(Cc3cccc(OC(F)F)c3)c3ccccc3)ccc12. The Balaban J connectivity index is 1.78. The first-order valence-electron chi connectivity index (χ1n) is 9.05. The summed E-state index contributed by atoms with van der Waals surface area (Å²) in [6, 6.07) is 21.4. The summed E-state index contributed by atoms with van der Waals surface area (Å²) in [6.07, 6.45) is 0. The van der Waals surface area contributed by atoms with Crippen molar-refractivity contribution in [1.82, 2.24) is 10.2 Å². The van der Waals surface area contributed by atoms with Crippen LogP contribution in [-0.4, -0.2) is 16.8 Å². The summed E-state index contributed by atoms with van der Waals surface area (Å²) in [6.45, 7) is -2.51. The van der Waals surface area contributed by atoms with Gasteiger partial charge in [0.25, 0.3) is 5.56 Å². The number of hydrogen-bond donors (Lipinski definition) is 1. The molecule has 3 aromatic carbocycles. The molecule has 1 aromatic heterocycles. The van der Waals surface area contributed by atoms with Crippen molar-refractivity contribution in [3.05, 3.63) is 93.9 Å². The minimum Gasteiger partial charge on any atom is -0.435 e. The highest BCUT2D eigenvalue weighted by molar-refractivity contribution is 6.34. The van der Waals surface area contributed by atoms with E-state index in [2.05, 4.69) is 14.9 Å². The second-order valence-electron chi connectivity index (χ2n) is 6.52. The first-order valence-corrected chi connectivity index (χ1v) is 9.43. The molecule has 4 rings (SSSR count). The second kappa shape index (κ2) is 8.51. The van der Waals surface area contributed by atoms with E-state index in [-0.39, 0.29) is 16.5 Å². The third-order valence-electron chi connectivity index (χ3n) is 4.57. The molecule has 1 N–H and O–H groups in total. The van der Waals surface area contributed by atoms with Gasteiger partial charge in [0, 0.05) is 23.3 Å². The lowest BCUT2D eigenvalue weighted by Gasteiger charge is -2.26. The first kappa shape index (κ1) is 19.8. The Kier molecular flexibility index (Phi) is 5.63. The monoisotopic (exact) mass is 427 g/mol. The third-order valence-corrected chi connectivity index (χ3v) is 4.86. The van der Waals surface area contributed by atoms with Crippen molar-refractivity contribution in [2.45, 2.75) is 13.2 Å². The average molecular weight is 428 g/mol. The molecule has 0 saturated heterocycles. The van der Waals surface area contributed by atoms with E-state index in [1.54, 1.807) is 30.3 Å². The highest BCUT2D eigenvalue weighted by atomic mass is 35.5. The van der Waals surface area contributed by atoms with E-state index in [0.717, 1.165) is 16.9 Å². The number of alkyl halides is 2. The average Bonchev–Trinajstić information content (AvgIpc) is 2.75. The fourth-order valence-electron chi connectivity index (χ4n) is 3.23. The number of anilines is 2. The summed E-state index contributed by atoms with van der Waals surface area (Å²) in [7, 11) is 0. The molecular formula is C22H16ClF2N3O2. The Morgan fingerprint density at radius 3 is 2.53 bits per heavy atom. The molecule has 5 nitrogen and oxygen atoms in total. The van der Waals surface area contributed by atoms with Gasteiger partial charge in [-0.15, -0.1) is 0 Å². The van der Waals surface area contributed by atoms with E-state index in [1.165, 1.54) is 6.07 Å². The Hall–Kier alpha value is -3.45. The number of nitrogens with one attached hydrogen (secondary N) is 1. The molecule has 1 heterocycles. The molecule has 0 fully saturated rings. The molecule has 0 aliphatic heterocycles. The molecule has 0 saturated carbocycles. The first-order chi connectivity index (χ1) is 14.5. The molecule has 0 amide bonds. The van der Waals surface area contributed by atoms with Crippen LogP contribution in [0, 0.1) is 0 Å². The molecule has 0 unspecified atom stereocenters. The van der Waals surface area contributed by atoms with Crippen molar-refractivity contribution < 1.29 is 13.5 Å². The predicted molar refractivity (Wildman–Crippen MR) is 113 cm³/mol. The molecule has 0 aliphatic rings. The Labute approximate surface area is 175 Å². The number of para-hydroxylation sites is 1. The number of nitrogens with zero attached hydrogens (tertiary/aromatic N) is 2. The van der Waals surface area contributed by atoms with E-state index in [1.807, 2.05) is 41.3 Å². The predicted octanol–water partition coefficient (Wildman–Crippen LogP) is 5.52. The number of rotatable bonds is 6. The van der Waals surface area contributed by atoms with Gasteiger partial charge in [-0.25, -0.2) is 5.10 Å². The van der Waals surface area contributed by atoms with Crippen molar-refractivity contribution in [2.75, 3.05) is 4.90 Å². The molecule has 30 heavy (non-hydrogen) atoms. The summed E-state index contributed by atoms with van der Waals surface area (Å²) in [5.74, 6) is 0.0906. The highest BCUT2D eigenvalue weighted by Crippen LogP contribution is 2.31. The molecule has 0 atom stereocenters. The maximum absolute atomic E-state index is 12.6. The maximum Gasteiger partial charge on any atom is 0.387 e. The van der Waals surface area contributed by atoms with Crippen LogP contribution in [0.1, 0.15) is 5.56 Å². The van der Waals surface area contributed by atoms with Crippen LogP contribution in [0.3, 0.4) is 0 Å². The normalized spacial score (nSPS) is 11.1. The van der Waals surface area contributed by atoms with Crippen molar-refractivity contribution in [3.8, 4) is 5.75 Å². The molecule has 4 aromatic rings. The van der Waals surface area contributed by atoms with E-state index >= 15 is 0 Å². The van der Waals surface area contributed by atoms with Crippen LogP contribution >= 0.6 is 11.6 Å². The van der Waals surface area contributed by atoms with Gasteiger partial charge in [-0.1, -0.05) is 41.9 Å². The Bertz CT molecular complexity index is 1230. The molecule has 0 radical (unpaired) electrons. The summed E-state index contributed by atoms with van der Waals surface area (Å²) in [4.78, 5) is 14.0. The number of halogens is 3. The smallest absolute Gasteiger partial charge is 0.387 e. The number of benzene rings is 3. The van der Waals surface area contributed by atoms with Gasteiger partial charge in [0.1, 0.15) is 5.75 Å². The summed E-state index contributed by atoms with van der Waals surface area (Å²) < 4.78 is 29.7. The standard InChI is InChI=1S/C22H16ClF2N3O2/c23-20-19-12-16(9-10-18(19)21(29)27-26-20)28(15-6-2-1-3-7-15)13-14-5-4-8-17(11-14)30-22(24)25/h1-12,22H,13H2,(H,27,29). The van der Waals surface area contributed by atoms with Crippen molar-refractivity contribution >= 4 is 33.7 Å². The van der Waals surface area contributed by atoms with Gasteiger partial charge in [0.05, 0.1) is 5.39 Å². The van der Waals surface area contributed by atoms with Gasteiger partial charge in [0.2, 0.25) is 0 Å². The minimum absolute atomic E-state index is 0.0906. The quantitative estimate of drug-likeness (QED) is 0.440. The number of ether oxygens (including phenoxy) is 1. The van der Waals surface area contributed by atoms with Gasteiger partial charge >= 0.3 is 6.61 Å². The highest BCUT2D eigenvalue weighted by Gasteiger charge is 2.14. The van der Waals surface area contributed by atoms with Crippen molar-refractivity contribution in [1.29, 1.82) is 0 Å². The number of H-pyrrole nitrogens is 1. The Morgan fingerprint density at radius 1 is 0.967 bits per heavy atom. The van der Waals surface area contributed by atoms with E-state index in [4.69, 9.17) is 11.6 Å². The zero-order chi connectivity index (χ0) is 21.1. The molecule has 152 valence electrons. The zero-order valence-electron chi connectivity index (χ0n) is 15.6. The van der Waals surface area contributed by atoms with E-state index < -0.39 is 6.61 Å². The molecule has 0 spiro atoms. The van der Waals surface area contributed by atoms with Crippen LogP contribution in [0.2, 0.25) is 5.15 Å². The number of aromatic amines is 1. The van der Waals surface area contributed by atoms with E-state index in [9.17, 15) is 13.6 Å². The lowest BCUT2D eigenvalue weighted by Crippen LogP contribution is -2.17. The van der Waals surface area contributed by atoms with Gasteiger partial charge < -0.3 is 9.64 Å². The molecular weight excluding hydrogens is 412 g/mol. The van der Waals surface area contributed by atoms with Crippen molar-refractivity contribution in [2.24, 2.45) is 0 Å². The maximum atomic E-state index is 12.6. The second-order valence-corrected chi connectivity index (χ2v) is 6.88. The summed E-state index contributed by atoms with van der Waals surface area (Å²) >= 11 is 6.19. The Morgan fingerprint density at radius 2 is 1.77 bits per heavy atom. The molecule has 0 aliphatic carbocycles. The summed E-state index contributed by atoms with van der Waals surface area (Å²) in [5.41, 5.74) is 2.09. The number of hydrogen-bond acceptors (Lipinski definition) is 4. The van der Waals surface area contributed by atoms with E-state index in [0.29, 0.717) is 17.3 Å².